The van der Waals surface area contributed by atoms with Crippen LogP contribution in [0.4, 0.5) is 5.69 Å². The number of carbonyl (C=O) groups is 1. The summed E-state index contributed by atoms with van der Waals surface area (Å²) in [7, 11) is 0. The Labute approximate surface area is 167 Å². The SMILES string of the molecule is CCC/C(=C\C(=O)Nc1ccc2c(c1)OCCO2)c1ccc(C(C)(C)C)cc1. The number of fused-ring (bicyclic) bond motifs is 1. The predicted molar refractivity (Wildman–Crippen MR) is 114 cm³/mol. The van der Waals surface area contributed by atoms with Crippen LogP contribution >= 0.6 is 0 Å². The number of nitrogens with one attached hydrogen (secondary N) is 1. The quantitative estimate of drug-likeness (QED) is 0.690. The number of amides is 1. The fourth-order valence-electron chi connectivity index (χ4n) is 3.21. The van der Waals surface area contributed by atoms with Gasteiger partial charge in [-0.1, -0.05) is 58.4 Å². The number of benzene rings is 2. The van der Waals surface area contributed by atoms with Crippen LogP contribution in [-0.2, 0) is 10.2 Å². The molecule has 0 saturated carbocycles. The van der Waals surface area contributed by atoms with Crippen LogP contribution in [0.2, 0.25) is 0 Å². The molecule has 0 aromatic heterocycles. The highest BCUT2D eigenvalue weighted by Crippen LogP contribution is 2.32. The standard InChI is InChI=1S/C24H29NO3/c1-5-6-18(17-7-9-19(10-8-17)24(2,3)4)15-23(26)25-20-11-12-21-22(16-20)28-14-13-27-21/h7-12,15-16H,5-6,13-14H2,1-4H3,(H,25,26)/b18-15+. The lowest BCUT2D eigenvalue weighted by Gasteiger charge is -2.19. The highest BCUT2D eigenvalue weighted by atomic mass is 16.6. The largest absolute Gasteiger partial charge is 0.486 e. The second-order valence-electron chi connectivity index (χ2n) is 8.09. The number of allylic oxidation sites excluding steroid dienone is 1. The average Bonchev–Trinajstić information content (AvgIpc) is 2.67. The van der Waals surface area contributed by atoms with E-state index in [2.05, 4.69) is 57.3 Å². The smallest absolute Gasteiger partial charge is 0.248 e. The number of hydrogen-bond acceptors (Lipinski definition) is 3. The normalized spacial score (nSPS) is 13.9. The first kappa shape index (κ1) is 20.0. The summed E-state index contributed by atoms with van der Waals surface area (Å²) in [6.07, 6.45) is 3.53. The first-order valence-corrected chi connectivity index (χ1v) is 9.89. The molecule has 1 aliphatic rings. The van der Waals surface area contributed by atoms with Crippen molar-refractivity contribution in [2.75, 3.05) is 18.5 Å². The van der Waals surface area contributed by atoms with Gasteiger partial charge in [0.05, 0.1) is 0 Å². The van der Waals surface area contributed by atoms with E-state index in [4.69, 9.17) is 9.47 Å². The maximum absolute atomic E-state index is 12.6. The summed E-state index contributed by atoms with van der Waals surface area (Å²) in [6, 6.07) is 14.0. The Morgan fingerprint density at radius 2 is 1.71 bits per heavy atom. The number of anilines is 1. The van der Waals surface area contributed by atoms with Crippen LogP contribution < -0.4 is 14.8 Å². The van der Waals surface area contributed by atoms with E-state index in [1.807, 2.05) is 12.1 Å². The molecule has 4 nitrogen and oxygen atoms in total. The van der Waals surface area contributed by atoms with Crippen LogP contribution in [0, 0.1) is 0 Å². The van der Waals surface area contributed by atoms with Gasteiger partial charge in [-0.2, -0.15) is 0 Å². The number of carbonyl (C=O) groups excluding carboxylic acids is 1. The van der Waals surface area contributed by atoms with E-state index in [0.29, 0.717) is 30.4 Å². The fourth-order valence-corrected chi connectivity index (χ4v) is 3.21. The Morgan fingerprint density at radius 3 is 2.36 bits per heavy atom. The molecular formula is C24H29NO3. The zero-order chi connectivity index (χ0) is 20.1. The third kappa shape index (κ3) is 4.94. The lowest BCUT2D eigenvalue weighted by atomic mass is 9.86. The summed E-state index contributed by atoms with van der Waals surface area (Å²) in [6.45, 7) is 9.80. The van der Waals surface area contributed by atoms with Crippen molar-refractivity contribution in [3.63, 3.8) is 0 Å². The minimum Gasteiger partial charge on any atom is -0.486 e. The van der Waals surface area contributed by atoms with Gasteiger partial charge in [0, 0.05) is 17.8 Å². The maximum atomic E-state index is 12.6. The van der Waals surface area contributed by atoms with Gasteiger partial charge in [-0.25, -0.2) is 0 Å². The van der Waals surface area contributed by atoms with Crippen molar-refractivity contribution in [3.05, 3.63) is 59.7 Å². The molecule has 2 aromatic carbocycles. The summed E-state index contributed by atoms with van der Waals surface area (Å²) in [5.74, 6) is 1.24. The molecule has 148 valence electrons. The molecule has 0 unspecified atom stereocenters. The highest BCUT2D eigenvalue weighted by Gasteiger charge is 2.15. The highest BCUT2D eigenvalue weighted by molar-refractivity contribution is 6.04. The Kier molecular flexibility index (Phi) is 6.08. The zero-order valence-electron chi connectivity index (χ0n) is 17.2. The van der Waals surface area contributed by atoms with Gasteiger partial charge >= 0.3 is 0 Å². The van der Waals surface area contributed by atoms with E-state index in [1.54, 1.807) is 12.1 Å². The summed E-state index contributed by atoms with van der Waals surface area (Å²) in [4.78, 5) is 12.6. The molecule has 0 spiro atoms. The maximum Gasteiger partial charge on any atom is 0.248 e. The first-order valence-electron chi connectivity index (χ1n) is 9.89. The Hall–Kier alpha value is -2.75. The third-order valence-electron chi connectivity index (χ3n) is 4.76. The molecule has 28 heavy (non-hydrogen) atoms. The second-order valence-corrected chi connectivity index (χ2v) is 8.09. The van der Waals surface area contributed by atoms with Crippen molar-refractivity contribution in [3.8, 4) is 11.5 Å². The second kappa shape index (κ2) is 8.51. The van der Waals surface area contributed by atoms with Gasteiger partial charge < -0.3 is 14.8 Å². The van der Waals surface area contributed by atoms with Crippen LogP contribution in [0.15, 0.2) is 48.5 Å². The molecule has 4 heteroatoms. The van der Waals surface area contributed by atoms with E-state index in [0.717, 1.165) is 24.0 Å². The summed E-state index contributed by atoms with van der Waals surface area (Å²) >= 11 is 0. The van der Waals surface area contributed by atoms with Crippen molar-refractivity contribution in [2.24, 2.45) is 0 Å². The topological polar surface area (TPSA) is 47.6 Å². The molecule has 1 N–H and O–H groups in total. The van der Waals surface area contributed by atoms with Crippen molar-refractivity contribution in [1.29, 1.82) is 0 Å². The van der Waals surface area contributed by atoms with Crippen LogP contribution in [0.3, 0.4) is 0 Å². The predicted octanol–water partition coefficient (Wildman–Crippen LogP) is 5.58. The molecular weight excluding hydrogens is 350 g/mol. The van der Waals surface area contributed by atoms with E-state index >= 15 is 0 Å². The van der Waals surface area contributed by atoms with Gasteiger partial charge in [-0.15, -0.1) is 0 Å². The molecule has 0 atom stereocenters. The van der Waals surface area contributed by atoms with Crippen LogP contribution in [0.1, 0.15) is 51.7 Å². The van der Waals surface area contributed by atoms with Gasteiger partial charge in [-0.3, -0.25) is 4.79 Å². The monoisotopic (exact) mass is 379 g/mol. The van der Waals surface area contributed by atoms with E-state index in [9.17, 15) is 4.79 Å². The molecule has 1 aliphatic heterocycles. The van der Waals surface area contributed by atoms with Crippen LogP contribution in [0.25, 0.3) is 5.57 Å². The van der Waals surface area contributed by atoms with E-state index in [-0.39, 0.29) is 11.3 Å². The molecule has 0 aliphatic carbocycles. The van der Waals surface area contributed by atoms with Gasteiger partial charge in [-0.05, 0) is 40.7 Å². The van der Waals surface area contributed by atoms with Crippen molar-refractivity contribution >= 4 is 17.2 Å². The van der Waals surface area contributed by atoms with Crippen LogP contribution in [-0.4, -0.2) is 19.1 Å². The Balaban J connectivity index is 1.77. The molecule has 0 fully saturated rings. The van der Waals surface area contributed by atoms with Crippen molar-refractivity contribution in [1.82, 2.24) is 0 Å². The average molecular weight is 380 g/mol. The lowest BCUT2D eigenvalue weighted by Crippen LogP contribution is -2.16. The van der Waals surface area contributed by atoms with Gasteiger partial charge in [0.15, 0.2) is 11.5 Å². The molecule has 0 radical (unpaired) electrons. The molecule has 2 aromatic rings. The summed E-state index contributed by atoms with van der Waals surface area (Å²) < 4.78 is 11.1. The van der Waals surface area contributed by atoms with Crippen molar-refractivity contribution < 1.29 is 14.3 Å². The number of hydrogen-bond donors (Lipinski definition) is 1. The Morgan fingerprint density at radius 1 is 1.04 bits per heavy atom. The fraction of sp³-hybridized carbons (Fsp3) is 0.375. The molecule has 0 bridgehead atoms. The van der Waals surface area contributed by atoms with E-state index < -0.39 is 0 Å². The van der Waals surface area contributed by atoms with Gasteiger partial charge in [0.25, 0.3) is 0 Å². The number of rotatable bonds is 5. The molecule has 1 heterocycles. The van der Waals surface area contributed by atoms with Crippen molar-refractivity contribution in [2.45, 2.75) is 46.0 Å². The number of ether oxygens (including phenoxy) is 2. The molecule has 3 rings (SSSR count). The Bertz CT molecular complexity index is 860. The minimum atomic E-state index is -0.139. The van der Waals surface area contributed by atoms with Crippen LogP contribution in [0.5, 0.6) is 11.5 Å². The zero-order valence-corrected chi connectivity index (χ0v) is 17.2. The lowest BCUT2D eigenvalue weighted by molar-refractivity contribution is -0.111. The third-order valence-corrected chi connectivity index (χ3v) is 4.76. The summed E-state index contributed by atoms with van der Waals surface area (Å²) in [5, 5.41) is 2.94. The van der Waals surface area contributed by atoms with Gasteiger partial charge in [0.1, 0.15) is 13.2 Å². The van der Waals surface area contributed by atoms with Gasteiger partial charge in [0.2, 0.25) is 5.91 Å². The minimum absolute atomic E-state index is 0.114. The first-order chi connectivity index (χ1) is 13.4. The van der Waals surface area contributed by atoms with E-state index in [1.165, 1.54) is 5.56 Å². The molecule has 1 amide bonds. The summed E-state index contributed by atoms with van der Waals surface area (Å²) in [5.41, 5.74) is 4.23. The molecule has 0 saturated heterocycles.